The molecule has 1 amide bonds. The Morgan fingerprint density at radius 3 is 2.43 bits per heavy atom. The monoisotopic (exact) mass is 314 g/mol. The molecule has 0 aromatic heterocycles. The lowest BCUT2D eigenvalue weighted by molar-refractivity contribution is -0.121. The first kappa shape index (κ1) is 17.0. The van der Waals surface area contributed by atoms with E-state index < -0.39 is 0 Å². The first-order valence-corrected chi connectivity index (χ1v) is 7.81. The lowest BCUT2D eigenvalue weighted by Crippen LogP contribution is -2.38. The molecule has 2 aromatic rings. The van der Waals surface area contributed by atoms with Gasteiger partial charge in [-0.15, -0.1) is 0 Å². The second kappa shape index (κ2) is 7.77. The maximum absolute atomic E-state index is 12.8. The van der Waals surface area contributed by atoms with Crippen molar-refractivity contribution in [1.29, 1.82) is 0 Å². The van der Waals surface area contributed by atoms with E-state index >= 15 is 0 Å². The molecule has 2 aromatic carbocycles. The Hall–Kier alpha value is -2.36. The van der Waals surface area contributed by atoms with Crippen molar-refractivity contribution in [3.8, 4) is 0 Å². The SMILES string of the molecule is Cc1ccc(NC(C)C(=O)NCCc2ccc(F)cc2)cc1C. The number of benzene rings is 2. The Balaban J connectivity index is 1.80. The lowest BCUT2D eigenvalue weighted by atomic mass is 10.1. The van der Waals surface area contributed by atoms with Gasteiger partial charge in [0.2, 0.25) is 5.91 Å². The lowest BCUT2D eigenvalue weighted by Gasteiger charge is -2.16. The fraction of sp³-hybridized carbons (Fsp3) is 0.316. The molecule has 2 rings (SSSR count). The quantitative estimate of drug-likeness (QED) is 0.855. The van der Waals surface area contributed by atoms with Crippen molar-refractivity contribution < 1.29 is 9.18 Å². The van der Waals surface area contributed by atoms with Crippen molar-refractivity contribution in [2.45, 2.75) is 33.2 Å². The molecule has 0 aliphatic carbocycles. The molecule has 2 N–H and O–H groups in total. The summed E-state index contributed by atoms with van der Waals surface area (Å²) < 4.78 is 12.8. The van der Waals surface area contributed by atoms with Crippen LogP contribution in [0.3, 0.4) is 0 Å². The highest BCUT2D eigenvalue weighted by atomic mass is 19.1. The van der Waals surface area contributed by atoms with Crippen molar-refractivity contribution >= 4 is 11.6 Å². The molecule has 0 aliphatic rings. The van der Waals surface area contributed by atoms with Gasteiger partial charge in [0.25, 0.3) is 0 Å². The van der Waals surface area contributed by atoms with Crippen LogP contribution >= 0.6 is 0 Å². The number of carbonyl (C=O) groups is 1. The molecule has 1 unspecified atom stereocenters. The topological polar surface area (TPSA) is 41.1 Å². The Morgan fingerprint density at radius 1 is 1.09 bits per heavy atom. The van der Waals surface area contributed by atoms with Gasteiger partial charge in [0, 0.05) is 12.2 Å². The van der Waals surface area contributed by atoms with E-state index in [2.05, 4.69) is 17.6 Å². The zero-order valence-corrected chi connectivity index (χ0v) is 13.8. The average molecular weight is 314 g/mol. The van der Waals surface area contributed by atoms with E-state index in [1.807, 2.05) is 32.0 Å². The first-order valence-electron chi connectivity index (χ1n) is 7.81. The highest BCUT2D eigenvalue weighted by Crippen LogP contribution is 2.15. The van der Waals surface area contributed by atoms with Gasteiger partial charge in [-0.2, -0.15) is 0 Å². The van der Waals surface area contributed by atoms with Crippen molar-refractivity contribution in [3.63, 3.8) is 0 Å². The van der Waals surface area contributed by atoms with E-state index in [0.29, 0.717) is 13.0 Å². The summed E-state index contributed by atoms with van der Waals surface area (Å²) in [7, 11) is 0. The summed E-state index contributed by atoms with van der Waals surface area (Å²) in [5.74, 6) is -0.297. The molecule has 3 nitrogen and oxygen atoms in total. The number of aryl methyl sites for hydroxylation is 2. The van der Waals surface area contributed by atoms with Gasteiger partial charge in [-0.05, 0) is 68.1 Å². The number of hydrogen-bond donors (Lipinski definition) is 2. The van der Waals surface area contributed by atoms with E-state index in [1.54, 1.807) is 12.1 Å². The average Bonchev–Trinajstić information content (AvgIpc) is 2.52. The molecule has 122 valence electrons. The van der Waals surface area contributed by atoms with Crippen molar-refractivity contribution in [2.24, 2.45) is 0 Å². The van der Waals surface area contributed by atoms with Crippen LogP contribution in [0.15, 0.2) is 42.5 Å². The van der Waals surface area contributed by atoms with Gasteiger partial charge < -0.3 is 10.6 Å². The Kier molecular flexibility index (Phi) is 5.74. The predicted octanol–water partition coefficient (Wildman–Crippen LogP) is 3.60. The van der Waals surface area contributed by atoms with Crippen LogP contribution < -0.4 is 10.6 Å². The van der Waals surface area contributed by atoms with Crippen LogP contribution in [0.1, 0.15) is 23.6 Å². The second-order valence-electron chi connectivity index (χ2n) is 5.83. The van der Waals surface area contributed by atoms with Gasteiger partial charge in [0.15, 0.2) is 0 Å². The zero-order chi connectivity index (χ0) is 16.8. The Bertz CT molecular complexity index is 668. The molecule has 1 atom stereocenters. The number of amides is 1. The first-order chi connectivity index (χ1) is 11.0. The predicted molar refractivity (Wildman–Crippen MR) is 92.1 cm³/mol. The van der Waals surface area contributed by atoms with Crippen LogP contribution in [0.4, 0.5) is 10.1 Å². The van der Waals surface area contributed by atoms with Crippen LogP contribution in [-0.4, -0.2) is 18.5 Å². The van der Waals surface area contributed by atoms with Gasteiger partial charge in [-0.3, -0.25) is 4.79 Å². The van der Waals surface area contributed by atoms with Crippen molar-refractivity contribution in [1.82, 2.24) is 5.32 Å². The summed E-state index contributed by atoms with van der Waals surface area (Å²) in [5.41, 5.74) is 4.36. The summed E-state index contributed by atoms with van der Waals surface area (Å²) in [6.45, 7) is 6.48. The van der Waals surface area contributed by atoms with Crippen LogP contribution in [0.2, 0.25) is 0 Å². The molecular weight excluding hydrogens is 291 g/mol. The minimum absolute atomic E-state index is 0.0506. The number of halogens is 1. The molecule has 0 bridgehead atoms. The molecule has 0 heterocycles. The van der Waals surface area contributed by atoms with Crippen molar-refractivity contribution in [3.05, 3.63) is 65.0 Å². The molecule has 0 saturated heterocycles. The van der Waals surface area contributed by atoms with E-state index in [-0.39, 0.29) is 17.8 Å². The van der Waals surface area contributed by atoms with Crippen LogP contribution in [0.25, 0.3) is 0 Å². The van der Waals surface area contributed by atoms with Gasteiger partial charge >= 0.3 is 0 Å². The van der Waals surface area contributed by atoms with Gasteiger partial charge in [0.1, 0.15) is 11.9 Å². The van der Waals surface area contributed by atoms with Gasteiger partial charge in [0.05, 0.1) is 0 Å². The molecule has 0 aliphatic heterocycles. The maximum Gasteiger partial charge on any atom is 0.242 e. The Morgan fingerprint density at radius 2 is 1.78 bits per heavy atom. The summed E-state index contributed by atoms with van der Waals surface area (Å²) in [6.07, 6.45) is 0.683. The normalized spacial score (nSPS) is 11.8. The molecule has 0 radical (unpaired) electrons. The standard InChI is InChI=1S/C19H23FN2O/c1-13-4-9-18(12-14(13)2)22-15(3)19(23)21-11-10-16-5-7-17(20)8-6-16/h4-9,12,15,22H,10-11H2,1-3H3,(H,21,23). The Labute approximate surface area is 136 Å². The zero-order valence-electron chi connectivity index (χ0n) is 13.8. The maximum atomic E-state index is 12.8. The third-order valence-corrected chi connectivity index (χ3v) is 3.91. The highest BCUT2D eigenvalue weighted by Gasteiger charge is 2.12. The molecule has 23 heavy (non-hydrogen) atoms. The van der Waals surface area contributed by atoms with E-state index in [4.69, 9.17) is 0 Å². The smallest absolute Gasteiger partial charge is 0.242 e. The van der Waals surface area contributed by atoms with E-state index in [9.17, 15) is 9.18 Å². The van der Waals surface area contributed by atoms with E-state index in [1.165, 1.54) is 23.3 Å². The summed E-state index contributed by atoms with van der Waals surface area (Å²) in [5, 5.41) is 6.10. The second-order valence-corrected chi connectivity index (χ2v) is 5.83. The third-order valence-electron chi connectivity index (χ3n) is 3.91. The van der Waals surface area contributed by atoms with Crippen LogP contribution in [0.5, 0.6) is 0 Å². The minimum atomic E-state index is -0.315. The summed E-state index contributed by atoms with van der Waals surface area (Å²) >= 11 is 0. The number of anilines is 1. The van der Waals surface area contributed by atoms with E-state index in [0.717, 1.165) is 11.3 Å². The molecular formula is C19H23FN2O. The largest absolute Gasteiger partial charge is 0.374 e. The highest BCUT2D eigenvalue weighted by molar-refractivity contribution is 5.84. The molecule has 0 fully saturated rings. The summed E-state index contributed by atoms with van der Waals surface area (Å²) in [4.78, 5) is 12.1. The fourth-order valence-corrected chi connectivity index (χ4v) is 2.28. The molecule has 4 heteroatoms. The van der Waals surface area contributed by atoms with Gasteiger partial charge in [-0.25, -0.2) is 4.39 Å². The molecule has 0 saturated carbocycles. The number of rotatable bonds is 6. The third kappa shape index (κ3) is 5.09. The summed E-state index contributed by atoms with van der Waals surface area (Å²) in [6, 6.07) is 12.1. The van der Waals surface area contributed by atoms with Crippen LogP contribution in [0, 0.1) is 19.7 Å². The number of nitrogens with one attached hydrogen (secondary N) is 2. The number of carbonyl (C=O) groups excluding carboxylic acids is 1. The van der Waals surface area contributed by atoms with Gasteiger partial charge in [-0.1, -0.05) is 18.2 Å². The van der Waals surface area contributed by atoms with Crippen molar-refractivity contribution in [2.75, 3.05) is 11.9 Å². The fourth-order valence-electron chi connectivity index (χ4n) is 2.28. The van der Waals surface area contributed by atoms with Crippen LogP contribution in [-0.2, 0) is 11.2 Å². The molecule has 0 spiro atoms. The number of hydrogen-bond acceptors (Lipinski definition) is 2. The minimum Gasteiger partial charge on any atom is -0.374 e.